The highest BCUT2D eigenvalue weighted by Gasteiger charge is 2.12. The molecule has 4 aromatic rings. The molecule has 4 heteroatoms. The van der Waals surface area contributed by atoms with E-state index in [2.05, 4.69) is 40.4 Å². The van der Waals surface area contributed by atoms with E-state index >= 15 is 0 Å². The SMILES string of the molecule is C=CCn1c(=NC(=O)c2ccc(C)cc2C)sc2c3ccccc3ccc21. The molecule has 27 heavy (non-hydrogen) atoms. The Kier molecular flexibility index (Phi) is 4.50. The van der Waals surface area contributed by atoms with Crippen molar-refractivity contribution in [2.45, 2.75) is 20.4 Å². The Bertz CT molecular complexity index is 1260. The number of nitrogens with zero attached hydrogens (tertiary/aromatic N) is 2. The summed E-state index contributed by atoms with van der Waals surface area (Å²) in [5.74, 6) is -0.207. The van der Waals surface area contributed by atoms with E-state index in [9.17, 15) is 4.79 Å². The first-order valence-corrected chi connectivity index (χ1v) is 9.68. The van der Waals surface area contributed by atoms with E-state index in [1.54, 1.807) is 11.3 Å². The average molecular weight is 372 g/mol. The topological polar surface area (TPSA) is 34.4 Å². The molecule has 1 heterocycles. The number of fused-ring (bicyclic) bond motifs is 3. The summed E-state index contributed by atoms with van der Waals surface area (Å²) in [7, 11) is 0. The second-order valence-electron chi connectivity index (χ2n) is 6.65. The second kappa shape index (κ2) is 6.97. The van der Waals surface area contributed by atoms with Crippen LogP contribution in [0.1, 0.15) is 21.5 Å². The van der Waals surface area contributed by atoms with Crippen LogP contribution in [0.2, 0.25) is 0 Å². The Labute approximate surface area is 161 Å². The molecule has 0 aliphatic rings. The first-order valence-electron chi connectivity index (χ1n) is 8.87. The molecule has 3 nitrogen and oxygen atoms in total. The number of rotatable bonds is 3. The number of carbonyl (C=O) groups is 1. The number of hydrogen-bond acceptors (Lipinski definition) is 2. The van der Waals surface area contributed by atoms with Crippen molar-refractivity contribution in [3.63, 3.8) is 0 Å². The highest BCUT2D eigenvalue weighted by Crippen LogP contribution is 2.27. The molecule has 0 fully saturated rings. The molecular formula is C23H20N2OS. The van der Waals surface area contributed by atoms with Crippen molar-refractivity contribution >= 4 is 38.2 Å². The smallest absolute Gasteiger partial charge is 0.279 e. The highest BCUT2D eigenvalue weighted by atomic mass is 32.1. The number of aromatic nitrogens is 1. The van der Waals surface area contributed by atoms with Crippen molar-refractivity contribution in [1.29, 1.82) is 0 Å². The molecule has 0 atom stereocenters. The van der Waals surface area contributed by atoms with Crippen LogP contribution >= 0.6 is 11.3 Å². The Morgan fingerprint density at radius 1 is 1.15 bits per heavy atom. The second-order valence-corrected chi connectivity index (χ2v) is 7.63. The summed E-state index contributed by atoms with van der Waals surface area (Å²) in [6.45, 7) is 8.44. The highest BCUT2D eigenvalue weighted by molar-refractivity contribution is 7.17. The van der Waals surface area contributed by atoms with Crippen LogP contribution in [-0.2, 0) is 6.54 Å². The monoisotopic (exact) mass is 372 g/mol. The van der Waals surface area contributed by atoms with Gasteiger partial charge in [-0.05, 0) is 36.9 Å². The van der Waals surface area contributed by atoms with E-state index in [0.717, 1.165) is 21.3 Å². The van der Waals surface area contributed by atoms with E-state index < -0.39 is 0 Å². The van der Waals surface area contributed by atoms with Crippen molar-refractivity contribution in [3.8, 4) is 0 Å². The summed E-state index contributed by atoms with van der Waals surface area (Å²) in [4.78, 5) is 18.0. The van der Waals surface area contributed by atoms with Gasteiger partial charge in [0.2, 0.25) is 0 Å². The summed E-state index contributed by atoms with van der Waals surface area (Å²) in [6.07, 6.45) is 1.84. The molecule has 0 aliphatic carbocycles. The van der Waals surface area contributed by atoms with E-state index in [0.29, 0.717) is 16.9 Å². The predicted molar refractivity (Wildman–Crippen MR) is 113 cm³/mol. The first-order chi connectivity index (χ1) is 13.1. The van der Waals surface area contributed by atoms with Crippen LogP contribution in [0.5, 0.6) is 0 Å². The fourth-order valence-corrected chi connectivity index (χ4v) is 4.56. The van der Waals surface area contributed by atoms with Gasteiger partial charge in [-0.25, -0.2) is 0 Å². The Hall–Kier alpha value is -2.98. The van der Waals surface area contributed by atoms with E-state index in [1.807, 2.05) is 50.3 Å². The standard InChI is InChI=1S/C23H20N2OS/c1-4-13-25-20-12-10-17-7-5-6-8-19(17)21(20)27-23(25)24-22(26)18-11-9-15(2)14-16(18)3/h4-12,14H,1,13H2,2-3H3. The molecule has 134 valence electrons. The quantitative estimate of drug-likeness (QED) is 0.443. The molecule has 3 aromatic carbocycles. The molecule has 0 saturated carbocycles. The van der Waals surface area contributed by atoms with Crippen molar-refractivity contribution in [1.82, 2.24) is 4.57 Å². The van der Waals surface area contributed by atoms with Gasteiger partial charge in [0.15, 0.2) is 4.80 Å². The zero-order valence-electron chi connectivity index (χ0n) is 15.4. The maximum Gasteiger partial charge on any atom is 0.279 e. The van der Waals surface area contributed by atoms with Gasteiger partial charge in [-0.15, -0.1) is 6.58 Å². The van der Waals surface area contributed by atoms with Crippen LogP contribution in [0.15, 0.2) is 72.2 Å². The molecular weight excluding hydrogens is 352 g/mol. The fraction of sp³-hybridized carbons (Fsp3) is 0.130. The minimum Gasteiger partial charge on any atom is -0.312 e. The minimum absolute atomic E-state index is 0.207. The average Bonchev–Trinajstić information content (AvgIpc) is 2.99. The van der Waals surface area contributed by atoms with Crippen LogP contribution in [0.3, 0.4) is 0 Å². The molecule has 0 bridgehead atoms. The van der Waals surface area contributed by atoms with Crippen LogP contribution in [-0.4, -0.2) is 10.5 Å². The zero-order valence-corrected chi connectivity index (χ0v) is 16.2. The van der Waals surface area contributed by atoms with Crippen molar-refractivity contribution in [3.05, 3.63) is 88.7 Å². The lowest BCUT2D eigenvalue weighted by molar-refractivity contribution is 0.0997. The van der Waals surface area contributed by atoms with Gasteiger partial charge in [0.05, 0.1) is 10.2 Å². The van der Waals surface area contributed by atoms with Gasteiger partial charge in [-0.3, -0.25) is 4.79 Å². The van der Waals surface area contributed by atoms with Gasteiger partial charge in [0, 0.05) is 17.5 Å². The third-order valence-corrected chi connectivity index (χ3v) is 5.82. The summed E-state index contributed by atoms with van der Waals surface area (Å²) >= 11 is 1.55. The molecule has 0 N–H and O–H groups in total. The van der Waals surface area contributed by atoms with E-state index in [4.69, 9.17) is 0 Å². The molecule has 0 saturated heterocycles. The van der Waals surface area contributed by atoms with Crippen molar-refractivity contribution in [2.75, 3.05) is 0 Å². The van der Waals surface area contributed by atoms with Gasteiger partial charge >= 0.3 is 0 Å². The van der Waals surface area contributed by atoms with Gasteiger partial charge in [-0.2, -0.15) is 4.99 Å². The molecule has 1 aromatic heterocycles. The first kappa shape index (κ1) is 17.4. The lowest BCUT2D eigenvalue weighted by Gasteiger charge is -2.04. The molecule has 0 unspecified atom stereocenters. The van der Waals surface area contributed by atoms with Gasteiger partial charge in [-0.1, -0.05) is 65.4 Å². The van der Waals surface area contributed by atoms with Gasteiger partial charge < -0.3 is 4.57 Å². The normalized spacial score (nSPS) is 12.0. The molecule has 0 radical (unpaired) electrons. The maximum absolute atomic E-state index is 12.8. The van der Waals surface area contributed by atoms with Crippen LogP contribution in [0.25, 0.3) is 21.0 Å². The lowest BCUT2D eigenvalue weighted by atomic mass is 10.1. The summed E-state index contributed by atoms with van der Waals surface area (Å²) in [5.41, 5.74) is 3.81. The van der Waals surface area contributed by atoms with Crippen LogP contribution < -0.4 is 4.80 Å². The Morgan fingerprint density at radius 2 is 1.96 bits per heavy atom. The number of hydrogen-bond donors (Lipinski definition) is 0. The Balaban J connectivity index is 1.95. The predicted octanol–water partition coefficient (Wildman–Crippen LogP) is 5.40. The van der Waals surface area contributed by atoms with Crippen LogP contribution in [0.4, 0.5) is 0 Å². The van der Waals surface area contributed by atoms with Crippen molar-refractivity contribution in [2.24, 2.45) is 4.99 Å². The van der Waals surface area contributed by atoms with Crippen LogP contribution in [0, 0.1) is 13.8 Å². The van der Waals surface area contributed by atoms with Gasteiger partial charge in [0.25, 0.3) is 5.91 Å². The van der Waals surface area contributed by atoms with E-state index in [1.165, 1.54) is 10.8 Å². The number of benzene rings is 3. The number of allylic oxidation sites excluding steroid dienone is 1. The van der Waals surface area contributed by atoms with E-state index in [-0.39, 0.29) is 5.91 Å². The molecule has 0 aliphatic heterocycles. The zero-order chi connectivity index (χ0) is 19.0. The maximum atomic E-state index is 12.8. The number of amides is 1. The molecule has 4 rings (SSSR count). The molecule has 0 spiro atoms. The summed E-state index contributed by atoms with van der Waals surface area (Å²) in [6, 6.07) is 18.3. The number of aryl methyl sites for hydroxylation is 2. The lowest BCUT2D eigenvalue weighted by Crippen LogP contribution is -2.16. The Morgan fingerprint density at radius 3 is 2.74 bits per heavy atom. The number of thiazole rings is 1. The fourth-order valence-electron chi connectivity index (χ4n) is 3.39. The van der Waals surface area contributed by atoms with Gasteiger partial charge in [0.1, 0.15) is 0 Å². The third-order valence-electron chi connectivity index (χ3n) is 4.70. The summed E-state index contributed by atoms with van der Waals surface area (Å²) in [5, 5.41) is 2.36. The van der Waals surface area contributed by atoms with Crippen molar-refractivity contribution < 1.29 is 4.79 Å². The summed E-state index contributed by atoms with van der Waals surface area (Å²) < 4.78 is 3.20. The number of carbonyl (C=O) groups excluding carboxylic acids is 1. The third kappa shape index (κ3) is 3.13. The largest absolute Gasteiger partial charge is 0.312 e. The minimum atomic E-state index is -0.207. The molecule has 1 amide bonds.